The second kappa shape index (κ2) is 4.79. The van der Waals surface area contributed by atoms with Crippen LogP contribution in [0, 0.1) is 0 Å². The molecule has 18 heavy (non-hydrogen) atoms. The minimum atomic E-state index is 0.165. The van der Waals surface area contributed by atoms with E-state index in [2.05, 4.69) is 38.3 Å². The highest BCUT2D eigenvalue weighted by Crippen LogP contribution is 2.33. The lowest BCUT2D eigenvalue weighted by molar-refractivity contribution is 0.0747. The summed E-state index contributed by atoms with van der Waals surface area (Å²) in [6.45, 7) is 10.6. The Kier molecular flexibility index (Phi) is 3.51. The molecule has 2 heterocycles. The zero-order valence-corrected chi connectivity index (χ0v) is 12.2. The van der Waals surface area contributed by atoms with E-state index in [0.29, 0.717) is 11.8 Å². The SMILES string of the molecule is CCC(C)c1cc2n(c1C(C)C)CCN(C)C2=O. The fraction of sp³-hybridized carbons (Fsp3) is 0.667. The van der Waals surface area contributed by atoms with E-state index in [1.165, 1.54) is 11.3 Å². The maximum absolute atomic E-state index is 12.2. The Hall–Kier alpha value is -1.25. The molecule has 1 aromatic rings. The van der Waals surface area contributed by atoms with Gasteiger partial charge in [0, 0.05) is 25.8 Å². The fourth-order valence-corrected chi connectivity index (χ4v) is 2.81. The molecule has 0 saturated heterocycles. The van der Waals surface area contributed by atoms with Crippen LogP contribution >= 0.6 is 0 Å². The first-order valence-electron chi connectivity index (χ1n) is 6.96. The van der Waals surface area contributed by atoms with Crippen molar-refractivity contribution in [2.75, 3.05) is 13.6 Å². The molecule has 1 aliphatic heterocycles. The van der Waals surface area contributed by atoms with E-state index in [-0.39, 0.29) is 5.91 Å². The molecular formula is C15H24N2O. The minimum absolute atomic E-state index is 0.165. The van der Waals surface area contributed by atoms with Crippen molar-refractivity contribution in [1.29, 1.82) is 0 Å². The molecule has 0 spiro atoms. The van der Waals surface area contributed by atoms with Crippen molar-refractivity contribution >= 4 is 5.91 Å². The van der Waals surface area contributed by atoms with Crippen molar-refractivity contribution in [2.45, 2.75) is 52.5 Å². The average molecular weight is 248 g/mol. The Morgan fingerprint density at radius 2 is 1.94 bits per heavy atom. The summed E-state index contributed by atoms with van der Waals surface area (Å²) in [7, 11) is 1.89. The fourth-order valence-electron chi connectivity index (χ4n) is 2.81. The molecule has 1 unspecified atom stereocenters. The van der Waals surface area contributed by atoms with Gasteiger partial charge in [0.15, 0.2) is 0 Å². The van der Waals surface area contributed by atoms with Gasteiger partial charge in [-0.3, -0.25) is 4.79 Å². The number of carbonyl (C=O) groups excluding carboxylic acids is 1. The molecule has 0 aromatic carbocycles. The summed E-state index contributed by atoms with van der Waals surface area (Å²) >= 11 is 0. The number of hydrogen-bond acceptors (Lipinski definition) is 1. The second-order valence-electron chi connectivity index (χ2n) is 5.71. The van der Waals surface area contributed by atoms with Gasteiger partial charge in [-0.2, -0.15) is 0 Å². The lowest BCUT2D eigenvalue weighted by Gasteiger charge is -2.27. The van der Waals surface area contributed by atoms with E-state index < -0.39 is 0 Å². The maximum Gasteiger partial charge on any atom is 0.270 e. The van der Waals surface area contributed by atoms with Gasteiger partial charge in [0.25, 0.3) is 5.91 Å². The largest absolute Gasteiger partial charge is 0.339 e. The molecule has 0 saturated carbocycles. The molecule has 0 radical (unpaired) electrons. The van der Waals surface area contributed by atoms with Gasteiger partial charge in [0.1, 0.15) is 5.69 Å². The van der Waals surface area contributed by atoms with Crippen molar-refractivity contribution in [3.8, 4) is 0 Å². The Labute approximate surface area is 110 Å². The summed E-state index contributed by atoms with van der Waals surface area (Å²) in [5.74, 6) is 1.16. The van der Waals surface area contributed by atoms with E-state index in [1.807, 2.05) is 11.9 Å². The van der Waals surface area contributed by atoms with Crippen LogP contribution in [0.2, 0.25) is 0 Å². The smallest absolute Gasteiger partial charge is 0.270 e. The first-order chi connectivity index (χ1) is 8.47. The van der Waals surface area contributed by atoms with Gasteiger partial charge in [-0.25, -0.2) is 0 Å². The number of hydrogen-bond donors (Lipinski definition) is 0. The third kappa shape index (κ3) is 1.96. The molecule has 2 rings (SSSR count). The van der Waals surface area contributed by atoms with E-state index in [9.17, 15) is 4.79 Å². The molecule has 0 fully saturated rings. The number of nitrogens with zero attached hydrogens (tertiary/aromatic N) is 2. The van der Waals surface area contributed by atoms with Crippen molar-refractivity contribution in [2.24, 2.45) is 0 Å². The van der Waals surface area contributed by atoms with E-state index in [4.69, 9.17) is 0 Å². The summed E-state index contributed by atoms with van der Waals surface area (Å²) < 4.78 is 2.24. The molecule has 1 amide bonds. The lowest BCUT2D eigenvalue weighted by atomic mass is 9.94. The quantitative estimate of drug-likeness (QED) is 0.806. The zero-order chi connectivity index (χ0) is 13.4. The zero-order valence-electron chi connectivity index (χ0n) is 12.2. The topological polar surface area (TPSA) is 25.2 Å². The summed E-state index contributed by atoms with van der Waals surface area (Å²) in [4.78, 5) is 14.0. The Balaban J connectivity index is 2.56. The highest BCUT2D eigenvalue weighted by atomic mass is 16.2. The summed E-state index contributed by atoms with van der Waals surface area (Å²) in [6, 6.07) is 2.13. The highest BCUT2D eigenvalue weighted by Gasteiger charge is 2.28. The average Bonchev–Trinajstić information content (AvgIpc) is 2.73. The van der Waals surface area contributed by atoms with Gasteiger partial charge in [0.05, 0.1) is 0 Å². The number of carbonyl (C=O) groups is 1. The van der Waals surface area contributed by atoms with Crippen LogP contribution in [0.4, 0.5) is 0 Å². The summed E-state index contributed by atoms with van der Waals surface area (Å²) in [6.07, 6.45) is 1.12. The third-order valence-corrected chi connectivity index (χ3v) is 4.08. The van der Waals surface area contributed by atoms with Crippen LogP contribution in [0.1, 0.15) is 67.7 Å². The molecule has 1 aliphatic rings. The summed E-state index contributed by atoms with van der Waals surface area (Å²) in [5, 5.41) is 0. The molecule has 3 nitrogen and oxygen atoms in total. The van der Waals surface area contributed by atoms with Crippen LogP contribution in [0.3, 0.4) is 0 Å². The third-order valence-electron chi connectivity index (χ3n) is 4.08. The molecule has 1 aromatic heterocycles. The predicted molar refractivity (Wildman–Crippen MR) is 74.2 cm³/mol. The second-order valence-corrected chi connectivity index (χ2v) is 5.71. The van der Waals surface area contributed by atoms with Gasteiger partial charge in [-0.05, 0) is 29.9 Å². The number of aromatic nitrogens is 1. The predicted octanol–water partition coefficient (Wildman–Crippen LogP) is 3.21. The molecule has 0 N–H and O–H groups in total. The van der Waals surface area contributed by atoms with Gasteiger partial charge in [-0.15, -0.1) is 0 Å². The summed E-state index contributed by atoms with van der Waals surface area (Å²) in [5.41, 5.74) is 3.61. The first kappa shape index (κ1) is 13.2. The number of likely N-dealkylation sites (N-methyl/N-ethyl adjacent to an activating group) is 1. The Bertz CT molecular complexity index is 459. The minimum Gasteiger partial charge on any atom is -0.339 e. The van der Waals surface area contributed by atoms with Gasteiger partial charge < -0.3 is 9.47 Å². The molecule has 0 bridgehead atoms. The van der Waals surface area contributed by atoms with Crippen molar-refractivity contribution in [1.82, 2.24) is 9.47 Å². The van der Waals surface area contributed by atoms with Crippen LogP contribution in [-0.2, 0) is 6.54 Å². The molecule has 3 heteroatoms. The monoisotopic (exact) mass is 248 g/mol. The van der Waals surface area contributed by atoms with Crippen LogP contribution in [0.15, 0.2) is 6.07 Å². The molecule has 1 atom stereocenters. The lowest BCUT2D eigenvalue weighted by Crippen LogP contribution is -2.37. The normalized spacial score (nSPS) is 17.2. The van der Waals surface area contributed by atoms with Gasteiger partial charge >= 0.3 is 0 Å². The van der Waals surface area contributed by atoms with Crippen molar-refractivity contribution < 1.29 is 4.79 Å². The van der Waals surface area contributed by atoms with Crippen molar-refractivity contribution in [3.05, 3.63) is 23.0 Å². The van der Waals surface area contributed by atoms with Gasteiger partial charge in [0.2, 0.25) is 0 Å². The van der Waals surface area contributed by atoms with Crippen LogP contribution in [-0.4, -0.2) is 29.0 Å². The molecule has 0 aliphatic carbocycles. The van der Waals surface area contributed by atoms with E-state index in [0.717, 1.165) is 25.2 Å². The number of fused-ring (bicyclic) bond motifs is 1. The maximum atomic E-state index is 12.2. The standard InChI is InChI=1S/C15H24N2O/c1-6-11(4)12-9-13-15(18)16(5)7-8-17(13)14(12)10(2)3/h9-11H,6-8H2,1-5H3. The van der Waals surface area contributed by atoms with Crippen LogP contribution in [0.5, 0.6) is 0 Å². The Morgan fingerprint density at radius 1 is 1.28 bits per heavy atom. The first-order valence-corrected chi connectivity index (χ1v) is 6.96. The van der Waals surface area contributed by atoms with E-state index >= 15 is 0 Å². The van der Waals surface area contributed by atoms with Crippen LogP contribution in [0.25, 0.3) is 0 Å². The van der Waals surface area contributed by atoms with E-state index in [1.54, 1.807) is 0 Å². The van der Waals surface area contributed by atoms with Gasteiger partial charge in [-0.1, -0.05) is 27.7 Å². The number of rotatable bonds is 3. The van der Waals surface area contributed by atoms with Crippen molar-refractivity contribution in [3.63, 3.8) is 0 Å². The molecular weight excluding hydrogens is 224 g/mol. The Morgan fingerprint density at radius 3 is 2.50 bits per heavy atom. The highest BCUT2D eigenvalue weighted by molar-refractivity contribution is 5.93. The van der Waals surface area contributed by atoms with Crippen LogP contribution < -0.4 is 0 Å². The molecule has 100 valence electrons. The number of amides is 1.